The van der Waals surface area contributed by atoms with Crippen molar-refractivity contribution in [1.29, 1.82) is 0 Å². The topological polar surface area (TPSA) is 58.6 Å². The predicted octanol–water partition coefficient (Wildman–Crippen LogP) is 4.40. The largest absolute Gasteiger partial charge is 0.484 e. The summed E-state index contributed by atoms with van der Waals surface area (Å²) in [6.07, 6.45) is 0.518. The zero-order valence-corrected chi connectivity index (χ0v) is 19.0. The number of nitrogens with zero attached hydrogens (tertiary/aromatic N) is 1. The minimum atomic E-state index is -0.570. The van der Waals surface area contributed by atoms with E-state index >= 15 is 0 Å². The van der Waals surface area contributed by atoms with Gasteiger partial charge in [-0.1, -0.05) is 48.9 Å². The average molecular weight is 411 g/mol. The van der Waals surface area contributed by atoms with E-state index < -0.39 is 6.04 Å². The van der Waals surface area contributed by atoms with Crippen molar-refractivity contribution in [2.75, 3.05) is 6.61 Å². The summed E-state index contributed by atoms with van der Waals surface area (Å²) in [4.78, 5) is 27.7. The van der Waals surface area contributed by atoms with Gasteiger partial charge in [-0.15, -0.1) is 0 Å². The SMILES string of the molecule is CCC(C(=O)NC(C)(C)C)N(Cc1ccc(C)cc1)C(=O)COc1cccc(C)c1. The van der Waals surface area contributed by atoms with Crippen LogP contribution in [0.4, 0.5) is 0 Å². The molecule has 2 aromatic rings. The van der Waals surface area contributed by atoms with Gasteiger partial charge in [-0.05, 0) is 64.3 Å². The van der Waals surface area contributed by atoms with Crippen molar-refractivity contribution in [3.8, 4) is 5.75 Å². The van der Waals surface area contributed by atoms with Gasteiger partial charge in [0.05, 0.1) is 0 Å². The normalized spacial score (nSPS) is 12.2. The molecule has 0 aliphatic carbocycles. The first-order valence-electron chi connectivity index (χ1n) is 10.5. The second kappa shape index (κ2) is 10.3. The third kappa shape index (κ3) is 7.21. The Balaban J connectivity index is 2.22. The highest BCUT2D eigenvalue weighted by Gasteiger charge is 2.30. The molecular formula is C25H34N2O3. The number of nitrogens with one attached hydrogen (secondary N) is 1. The van der Waals surface area contributed by atoms with Crippen LogP contribution in [0.3, 0.4) is 0 Å². The number of amides is 2. The molecule has 0 aliphatic heterocycles. The number of ether oxygens (including phenoxy) is 1. The molecule has 0 radical (unpaired) electrons. The summed E-state index contributed by atoms with van der Waals surface area (Å²) in [5.74, 6) is 0.278. The van der Waals surface area contributed by atoms with Gasteiger partial charge in [0.25, 0.3) is 5.91 Å². The van der Waals surface area contributed by atoms with Gasteiger partial charge in [-0.3, -0.25) is 9.59 Å². The van der Waals surface area contributed by atoms with E-state index in [0.717, 1.165) is 16.7 Å². The Kier molecular flexibility index (Phi) is 8.04. The average Bonchev–Trinajstić information content (AvgIpc) is 2.66. The summed E-state index contributed by atoms with van der Waals surface area (Å²) in [6.45, 7) is 12.0. The number of carbonyl (C=O) groups excluding carboxylic acids is 2. The van der Waals surface area contributed by atoms with Gasteiger partial charge in [-0.2, -0.15) is 0 Å². The van der Waals surface area contributed by atoms with E-state index in [4.69, 9.17) is 4.74 Å². The Morgan fingerprint density at radius 3 is 2.27 bits per heavy atom. The molecule has 5 heteroatoms. The van der Waals surface area contributed by atoms with Crippen LogP contribution in [0.15, 0.2) is 48.5 Å². The van der Waals surface area contributed by atoms with Crippen molar-refractivity contribution in [2.24, 2.45) is 0 Å². The van der Waals surface area contributed by atoms with Gasteiger partial charge in [0.15, 0.2) is 6.61 Å². The second-order valence-corrected chi connectivity index (χ2v) is 8.78. The van der Waals surface area contributed by atoms with E-state index in [1.54, 1.807) is 4.90 Å². The Labute approximate surface area is 180 Å². The van der Waals surface area contributed by atoms with E-state index in [9.17, 15) is 9.59 Å². The van der Waals surface area contributed by atoms with Gasteiger partial charge in [0.2, 0.25) is 5.91 Å². The van der Waals surface area contributed by atoms with Crippen molar-refractivity contribution < 1.29 is 14.3 Å². The van der Waals surface area contributed by atoms with Gasteiger partial charge < -0.3 is 15.0 Å². The summed E-state index contributed by atoms with van der Waals surface area (Å²) in [7, 11) is 0. The third-order valence-electron chi connectivity index (χ3n) is 4.71. The number of aryl methyl sites for hydroxylation is 2. The lowest BCUT2D eigenvalue weighted by Gasteiger charge is -2.33. The molecule has 1 unspecified atom stereocenters. The fourth-order valence-electron chi connectivity index (χ4n) is 3.20. The molecule has 30 heavy (non-hydrogen) atoms. The van der Waals surface area contributed by atoms with Crippen molar-refractivity contribution in [2.45, 2.75) is 66.1 Å². The third-order valence-corrected chi connectivity index (χ3v) is 4.71. The molecular weight excluding hydrogens is 376 g/mol. The fourth-order valence-corrected chi connectivity index (χ4v) is 3.20. The minimum Gasteiger partial charge on any atom is -0.484 e. The zero-order chi connectivity index (χ0) is 22.3. The molecule has 0 aromatic heterocycles. The molecule has 0 fully saturated rings. The van der Waals surface area contributed by atoms with Crippen LogP contribution in [-0.2, 0) is 16.1 Å². The van der Waals surface area contributed by atoms with Crippen LogP contribution in [0.25, 0.3) is 0 Å². The molecule has 162 valence electrons. The fraction of sp³-hybridized carbons (Fsp3) is 0.440. The Hall–Kier alpha value is -2.82. The van der Waals surface area contributed by atoms with Gasteiger partial charge in [-0.25, -0.2) is 0 Å². The number of carbonyl (C=O) groups is 2. The predicted molar refractivity (Wildman–Crippen MR) is 120 cm³/mol. The maximum absolute atomic E-state index is 13.2. The lowest BCUT2D eigenvalue weighted by Crippen LogP contribution is -2.54. The van der Waals surface area contributed by atoms with Crippen molar-refractivity contribution >= 4 is 11.8 Å². The van der Waals surface area contributed by atoms with E-state index in [1.165, 1.54) is 0 Å². The number of hydrogen-bond acceptors (Lipinski definition) is 3. The lowest BCUT2D eigenvalue weighted by molar-refractivity contribution is -0.143. The highest BCUT2D eigenvalue weighted by atomic mass is 16.5. The number of benzene rings is 2. The molecule has 2 amide bonds. The summed E-state index contributed by atoms with van der Waals surface area (Å²) in [6, 6.07) is 15.0. The number of hydrogen-bond donors (Lipinski definition) is 1. The first-order chi connectivity index (χ1) is 14.1. The standard InChI is InChI=1S/C25H34N2O3/c1-7-22(24(29)26-25(4,5)6)27(16-20-13-11-18(2)12-14-20)23(28)17-30-21-10-8-9-19(3)15-21/h8-15,22H,7,16-17H2,1-6H3,(H,26,29). The monoisotopic (exact) mass is 410 g/mol. The summed E-state index contributed by atoms with van der Waals surface area (Å²) in [5, 5.41) is 3.01. The van der Waals surface area contributed by atoms with Crippen molar-refractivity contribution in [3.05, 3.63) is 65.2 Å². The van der Waals surface area contributed by atoms with Crippen molar-refractivity contribution in [3.63, 3.8) is 0 Å². The summed E-state index contributed by atoms with van der Waals surface area (Å²) in [5.41, 5.74) is 2.82. The molecule has 1 N–H and O–H groups in total. The first-order valence-corrected chi connectivity index (χ1v) is 10.5. The highest BCUT2D eigenvalue weighted by Crippen LogP contribution is 2.16. The first kappa shape index (κ1) is 23.5. The molecule has 0 saturated carbocycles. The molecule has 0 saturated heterocycles. The maximum atomic E-state index is 13.2. The summed E-state index contributed by atoms with van der Waals surface area (Å²) >= 11 is 0. The maximum Gasteiger partial charge on any atom is 0.261 e. The Morgan fingerprint density at radius 1 is 1.03 bits per heavy atom. The van der Waals surface area contributed by atoms with E-state index in [2.05, 4.69) is 5.32 Å². The summed E-state index contributed by atoms with van der Waals surface area (Å²) < 4.78 is 5.74. The van der Waals surface area contributed by atoms with Crippen LogP contribution >= 0.6 is 0 Å². The van der Waals surface area contributed by atoms with Crippen molar-refractivity contribution in [1.82, 2.24) is 10.2 Å². The van der Waals surface area contributed by atoms with Gasteiger partial charge >= 0.3 is 0 Å². The second-order valence-electron chi connectivity index (χ2n) is 8.78. The molecule has 0 bridgehead atoms. The van der Waals surface area contributed by atoms with E-state index in [1.807, 2.05) is 90.1 Å². The molecule has 2 rings (SSSR count). The van der Waals surface area contributed by atoms with Crippen LogP contribution in [0.1, 0.15) is 50.8 Å². The zero-order valence-electron chi connectivity index (χ0n) is 19.0. The molecule has 0 spiro atoms. The van der Waals surface area contributed by atoms with Crippen LogP contribution in [0.5, 0.6) is 5.75 Å². The molecule has 5 nitrogen and oxygen atoms in total. The van der Waals surface area contributed by atoms with Crippen LogP contribution in [-0.4, -0.2) is 34.9 Å². The Morgan fingerprint density at radius 2 is 1.70 bits per heavy atom. The highest BCUT2D eigenvalue weighted by molar-refractivity contribution is 5.88. The lowest BCUT2D eigenvalue weighted by atomic mass is 10.1. The van der Waals surface area contributed by atoms with E-state index in [-0.39, 0.29) is 24.0 Å². The van der Waals surface area contributed by atoms with Crippen LogP contribution in [0.2, 0.25) is 0 Å². The van der Waals surface area contributed by atoms with Gasteiger partial charge in [0.1, 0.15) is 11.8 Å². The quantitative estimate of drug-likeness (QED) is 0.701. The van der Waals surface area contributed by atoms with Gasteiger partial charge in [0, 0.05) is 12.1 Å². The van der Waals surface area contributed by atoms with Crippen LogP contribution in [0, 0.1) is 13.8 Å². The Bertz CT molecular complexity index is 853. The molecule has 1 atom stereocenters. The smallest absolute Gasteiger partial charge is 0.261 e. The molecule has 0 aliphatic rings. The molecule has 0 heterocycles. The van der Waals surface area contributed by atoms with Crippen LogP contribution < -0.4 is 10.1 Å². The number of rotatable bonds is 8. The minimum absolute atomic E-state index is 0.116. The van der Waals surface area contributed by atoms with E-state index in [0.29, 0.717) is 18.7 Å². The molecule has 2 aromatic carbocycles.